The molecule has 2 aromatic carbocycles. The van der Waals surface area contributed by atoms with Crippen LogP contribution in [0, 0.1) is 5.92 Å². The molecule has 3 aromatic rings. The number of cyclic esters (lactones) is 1. The largest absolute Gasteiger partial charge is 0.465 e. The van der Waals surface area contributed by atoms with Crippen LogP contribution in [-0.2, 0) is 25.1 Å². The molecule has 0 aliphatic carbocycles. The molecule has 2 heterocycles. The molecule has 1 aliphatic heterocycles. The SMILES string of the molecule is C[C@@H]1COC(=O)[C@@H]1c1cc(N)c2cnc(Nc3ccc(CS(C)(=O)=O)cc3)nc2c1. The molecule has 9 heteroatoms. The van der Waals surface area contributed by atoms with Gasteiger partial charge in [0.1, 0.15) is 0 Å². The molecule has 8 nitrogen and oxygen atoms in total. The van der Waals surface area contributed by atoms with Crippen LogP contribution in [-0.4, -0.2) is 37.2 Å². The van der Waals surface area contributed by atoms with Gasteiger partial charge in [0, 0.05) is 35.1 Å². The smallest absolute Gasteiger partial charge is 0.313 e. The number of nitrogens with two attached hydrogens (primary N) is 1. The van der Waals surface area contributed by atoms with E-state index in [0.29, 0.717) is 34.7 Å². The molecule has 0 amide bonds. The zero-order valence-electron chi connectivity index (χ0n) is 16.6. The number of nitrogen functional groups attached to an aromatic ring is 1. The Bertz CT molecular complexity index is 1230. The van der Waals surface area contributed by atoms with Gasteiger partial charge in [0.15, 0.2) is 9.84 Å². The Morgan fingerprint density at radius 1 is 1.23 bits per heavy atom. The van der Waals surface area contributed by atoms with Gasteiger partial charge in [-0.05, 0) is 35.4 Å². The Labute approximate surface area is 174 Å². The van der Waals surface area contributed by atoms with Crippen molar-refractivity contribution in [3.8, 4) is 0 Å². The molecule has 30 heavy (non-hydrogen) atoms. The van der Waals surface area contributed by atoms with E-state index in [1.54, 1.807) is 36.5 Å². The third kappa shape index (κ3) is 4.20. The van der Waals surface area contributed by atoms with Gasteiger partial charge in [-0.1, -0.05) is 19.1 Å². The van der Waals surface area contributed by atoms with E-state index in [1.807, 2.05) is 13.0 Å². The third-order valence-electron chi connectivity index (χ3n) is 5.06. The highest BCUT2D eigenvalue weighted by Crippen LogP contribution is 2.35. The van der Waals surface area contributed by atoms with Gasteiger partial charge >= 0.3 is 5.97 Å². The number of hydrogen-bond acceptors (Lipinski definition) is 8. The number of rotatable bonds is 5. The Morgan fingerprint density at radius 3 is 2.60 bits per heavy atom. The van der Waals surface area contributed by atoms with Crippen molar-refractivity contribution < 1.29 is 17.9 Å². The predicted octanol–water partition coefficient (Wildman–Crippen LogP) is 2.78. The number of carbonyl (C=O) groups is 1. The second kappa shape index (κ2) is 7.56. The van der Waals surface area contributed by atoms with Gasteiger partial charge in [0.2, 0.25) is 5.95 Å². The fourth-order valence-corrected chi connectivity index (χ4v) is 4.43. The van der Waals surface area contributed by atoms with Crippen LogP contribution in [0.4, 0.5) is 17.3 Å². The Kier molecular flexibility index (Phi) is 5.07. The maximum Gasteiger partial charge on any atom is 0.313 e. The number of hydrogen-bond donors (Lipinski definition) is 2. The third-order valence-corrected chi connectivity index (χ3v) is 5.92. The number of nitrogens with zero attached hydrogens (tertiary/aromatic N) is 2. The van der Waals surface area contributed by atoms with Crippen molar-refractivity contribution in [3.63, 3.8) is 0 Å². The maximum atomic E-state index is 12.1. The van der Waals surface area contributed by atoms with Gasteiger partial charge in [-0.2, -0.15) is 0 Å². The molecule has 0 spiro atoms. The summed E-state index contributed by atoms with van der Waals surface area (Å²) >= 11 is 0. The van der Waals surface area contributed by atoms with Crippen LogP contribution in [0.3, 0.4) is 0 Å². The van der Waals surface area contributed by atoms with Crippen molar-refractivity contribution >= 4 is 44.0 Å². The van der Waals surface area contributed by atoms with Gasteiger partial charge < -0.3 is 15.8 Å². The molecular formula is C21H22N4O4S. The number of sulfone groups is 1. The van der Waals surface area contributed by atoms with E-state index >= 15 is 0 Å². The highest BCUT2D eigenvalue weighted by Gasteiger charge is 2.35. The average Bonchev–Trinajstić information content (AvgIpc) is 3.00. The van der Waals surface area contributed by atoms with Crippen LogP contribution in [0.1, 0.15) is 24.0 Å². The lowest BCUT2D eigenvalue weighted by molar-refractivity contribution is -0.139. The van der Waals surface area contributed by atoms with Crippen molar-refractivity contribution in [2.75, 3.05) is 23.9 Å². The number of nitrogens with one attached hydrogen (secondary N) is 1. The minimum Gasteiger partial charge on any atom is -0.465 e. The lowest BCUT2D eigenvalue weighted by atomic mass is 9.89. The van der Waals surface area contributed by atoms with Crippen molar-refractivity contribution in [2.24, 2.45) is 5.92 Å². The standard InChI is InChI=1S/C21H22N4O4S/c1-12-10-29-20(26)19(12)14-7-17(22)16-9-23-21(25-18(16)8-14)24-15-5-3-13(4-6-15)11-30(2,27)28/h3-9,12,19H,10-11,22H2,1-2H3,(H,23,24,25)/t12-,19+/m1/s1. The summed E-state index contributed by atoms with van der Waals surface area (Å²) in [7, 11) is -3.09. The Balaban J connectivity index is 1.62. The van der Waals surface area contributed by atoms with Crippen LogP contribution in [0.25, 0.3) is 10.9 Å². The van der Waals surface area contributed by atoms with Crippen molar-refractivity contribution in [1.82, 2.24) is 9.97 Å². The summed E-state index contributed by atoms with van der Waals surface area (Å²) in [5.41, 5.74) is 9.53. The number of benzene rings is 2. The monoisotopic (exact) mass is 426 g/mol. The summed E-state index contributed by atoms with van der Waals surface area (Å²) in [5.74, 6) is -0.173. The number of anilines is 3. The van der Waals surface area contributed by atoms with Crippen LogP contribution >= 0.6 is 0 Å². The van der Waals surface area contributed by atoms with E-state index in [4.69, 9.17) is 10.5 Å². The minimum absolute atomic E-state index is 0.0101. The first-order valence-corrected chi connectivity index (χ1v) is 11.5. The highest BCUT2D eigenvalue weighted by atomic mass is 32.2. The molecule has 1 saturated heterocycles. The number of ether oxygens (including phenoxy) is 1. The summed E-state index contributed by atoms with van der Waals surface area (Å²) in [6.45, 7) is 2.36. The first kappa shape index (κ1) is 20.1. The van der Waals surface area contributed by atoms with Crippen LogP contribution in [0.2, 0.25) is 0 Å². The second-order valence-corrected chi connectivity index (χ2v) is 9.85. The summed E-state index contributed by atoms with van der Waals surface area (Å²) < 4.78 is 28.0. The van der Waals surface area contributed by atoms with E-state index in [1.165, 1.54) is 6.26 Å². The average molecular weight is 426 g/mol. The summed E-state index contributed by atoms with van der Waals surface area (Å²) in [6.07, 6.45) is 2.84. The molecule has 3 N–H and O–H groups in total. The molecule has 0 bridgehead atoms. The summed E-state index contributed by atoms with van der Waals surface area (Å²) in [5, 5.41) is 3.81. The summed E-state index contributed by atoms with van der Waals surface area (Å²) in [6, 6.07) is 10.7. The van der Waals surface area contributed by atoms with Crippen LogP contribution < -0.4 is 11.1 Å². The molecular weight excluding hydrogens is 404 g/mol. The Morgan fingerprint density at radius 2 is 1.97 bits per heavy atom. The molecule has 2 atom stereocenters. The fraction of sp³-hybridized carbons (Fsp3) is 0.286. The van der Waals surface area contributed by atoms with Crippen molar-refractivity contribution in [1.29, 1.82) is 0 Å². The first-order valence-electron chi connectivity index (χ1n) is 9.46. The summed E-state index contributed by atoms with van der Waals surface area (Å²) in [4.78, 5) is 21.0. The van der Waals surface area contributed by atoms with Gasteiger partial charge in [-0.3, -0.25) is 4.79 Å². The molecule has 0 saturated carbocycles. The highest BCUT2D eigenvalue weighted by molar-refractivity contribution is 7.89. The second-order valence-electron chi connectivity index (χ2n) is 7.71. The molecule has 1 fully saturated rings. The van der Waals surface area contributed by atoms with E-state index in [2.05, 4.69) is 15.3 Å². The molecule has 0 radical (unpaired) electrons. The van der Waals surface area contributed by atoms with Crippen LogP contribution in [0.15, 0.2) is 42.6 Å². The minimum atomic E-state index is -3.09. The van der Waals surface area contributed by atoms with Gasteiger partial charge in [-0.25, -0.2) is 18.4 Å². The molecule has 1 aromatic heterocycles. The quantitative estimate of drug-likeness (QED) is 0.471. The number of aromatic nitrogens is 2. The molecule has 1 aliphatic rings. The lowest BCUT2D eigenvalue weighted by Crippen LogP contribution is -2.12. The zero-order chi connectivity index (χ0) is 21.5. The maximum absolute atomic E-state index is 12.1. The molecule has 4 rings (SSSR count). The normalized spacial score (nSPS) is 19.1. The van der Waals surface area contributed by atoms with Crippen molar-refractivity contribution in [2.45, 2.75) is 18.6 Å². The van der Waals surface area contributed by atoms with E-state index in [0.717, 1.165) is 11.3 Å². The van der Waals surface area contributed by atoms with E-state index < -0.39 is 9.84 Å². The van der Waals surface area contributed by atoms with Gasteiger partial charge in [0.05, 0.1) is 23.8 Å². The van der Waals surface area contributed by atoms with Gasteiger partial charge in [0.25, 0.3) is 0 Å². The van der Waals surface area contributed by atoms with E-state index in [9.17, 15) is 13.2 Å². The lowest BCUT2D eigenvalue weighted by Gasteiger charge is -2.14. The fourth-order valence-electron chi connectivity index (χ4n) is 3.64. The number of fused-ring (bicyclic) bond motifs is 1. The zero-order valence-corrected chi connectivity index (χ0v) is 17.4. The molecule has 156 valence electrons. The topological polar surface area (TPSA) is 124 Å². The Hall–Kier alpha value is -3.20. The van der Waals surface area contributed by atoms with Crippen molar-refractivity contribution in [3.05, 3.63) is 53.7 Å². The number of carbonyl (C=O) groups excluding carboxylic acids is 1. The molecule has 0 unspecified atom stereocenters. The first-order chi connectivity index (χ1) is 14.2. The number of esters is 1. The predicted molar refractivity (Wildman–Crippen MR) is 115 cm³/mol. The van der Waals surface area contributed by atoms with Crippen LogP contribution in [0.5, 0.6) is 0 Å². The van der Waals surface area contributed by atoms with E-state index in [-0.39, 0.29) is 23.6 Å². The van der Waals surface area contributed by atoms with Gasteiger partial charge in [-0.15, -0.1) is 0 Å².